The summed E-state index contributed by atoms with van der Waals surface area (Å²) < 4.78 is 11.2. The number of rotatable bonds is 8. The quantitative estimate of drug-likeness (QED) is 0.242. The molecular weight excluding hydrogens is 448 g/mol. The third-order valence-corrected chi connectivity index (χ3v) is 5.81. The summed E-state index contributed by atoms with van der Waals surface area (Å²) in [4.78, 5) is 23.8. The molecule has 0 saturated carbocycles. The molecule has 168 valence electrons. The summed E-state index contributed by atoms with van der Waals surface area (Å²) in [5.41, 5.74) is 3.22. The molecule has 0 atom stereocenters. The Hall–Kier alpha value is -4.17. The largest absolute Gasteiger partial charge is 0.489 e. The van der Waals surface area contributed by atoms with Gasteiger partial charge in [0.25, 0.3) is 5.56 Å². The van der Waals surface area contributed by atoms with E-state index >= 15 is 0 Å². The van der Waals surface area contributed by atoms with E-state index in [2.05, 4.69) is 20.1 Å². The summed E-state index contributed by atoms with van der Waals surface area (Å²) in [7, 11) is 0. The van der Waals surface area contributed by atoms with Crippen molar-refractivity contribution >= 4 is 11.8 Å². The molecule has 1 N–H and O–H groups in total. The first-order valence-corrected chi connectivity index (χ1v) is 11.6. The van der Waals surface area contributed by atoms with Gasteiger partial charge in [0.1, 0.15) is 12.4 Å². The van der Waals surface area contributed by atoms with Crippen LogP contribution in [0.1, 0.15) is 11.5 Å². The summed E-state index contributed by atoms with van der Waals surface area (Å²) in [6.45, 7) is 0.505. The summed E-state index contributed by atoms with van der Waals surface area (Å²) >= 11 is 1.33. The van der Waals surface area contributed by atoms with Gasteiger partial charge in [-0.25, -0.2) is 4.98 Å². The topological polar surface area (TPSA) is 93.9 Å². The molecule has 0 bridgehead atoms. The maximum atomic E-state index is 12.1. The molecule has 5 rings (SSSR count). The second kappa shape index (κ2) is 10.2. The van der Waals surface area contributed by atoms with Gasteiger partial charge in [-0.3, -0.25) is 4.79 Å². The Morgan fingerprint density at radius 1 is 0.853 bits per heavy atom. The van der Waals surface area contributed by atoms with Gasteiger partial charge in [0.05, 0.1) is 11.4 Å². The normalized spacial score (nSPS) is 10.8. The molecule has 5 aromatic rings. The van der Waals surface area contributed by atoms with E-state index in [1.54, 1.807) is 0 Å². The van der Waals surface area contributed by atoms with E-state index in [0.717, 1.165) is 22.4 Å². The van der Waals surface area contributed by atoms with Crippen LogP contribution in [0.2, 0.25) is 0 Å². The van der Waals surface area contributed by atoms with Gasteiger partial charge < -0.3 is 14.2 Å². The molecule has 3 aromatic carbocycles. The first-order chi connectivity index (χ1) is 16.7. The molecule has 0 fully saturated rings. The van der Waals surface area contributed by atoms with Crippen LogP contribution in [-0.2, 0) is 12.4 Å². The second-order valence-electron chi connectivity index (χ2n) is 7.40. The second-order valence-corrected chi connectivity index (χ2v) is 8.36. The maximum Gasteiger partial charge on any atom is 0.252 e. The van der Waals surface area contributed by atoms with Crippen molar-refractivity contribution in [2.24, 2.45) is 0 Å². The molecule has 0 amide bonds. The highest BCUT2D eigenvalue weighted by molar-refractivity contribution is 7.98. The summed E-state index contributed by atoms with van der Waals surface area (Å²) in [5, 5.41) is 4.56. The Labute approximate surface area is 199 Å². The Morgan fingerprint density at radius 2 is 1.59 bits per heavy atom. The van der Waals surface area contributed by atoms with Crippen LogP contribution in [0.3, 0.4) is 0 Å². The molecule has 7 nitrogen and oxygen atoms in total. The van der Waals surface area contributed by atoms with Crippen LogP contribution in [0.15, 0.2) is 105 Å². The molecule has 34 heavy (non-hydrogen) atoms. The molecule has 0 aliphatic heterocycles. The average molecular weight is 469 g/mol. The molecule has 0 aliphatic rings. The summed E-state index contributed by atoms with van der Waals surface area (Å²) in [6, 6.07) is 28.6. The van der Waals surface area contributed by atoms with Crippen molar-refractivity contribution < 1.29 is 9.26 Å². The van der Waals surface area contributed by atoms with E-state index < -0.39 is 0 Å². The Kier molecular flexibility index (Phi) is 6.49. The van der Waals surface area contributed by atoms with Gasteiger partial charge in [0.2, 0.25) is 11.7 Å². The van der Waals surface area contributed by atoms with E-state index in [1.165, 1.54) is 17.8 Å². The number of aromatic nitrogens is 4. The van der Waals surface area contributed by atoms with Crippen LogP contribution >= 0.6 is 11.8 Å². The average Bonchev–Trinajstić information content (AvgIpc) is 3.37. The highest BCUT2D eigenvalue weighted by atomic mass is 32.2. The van der Waals surface area contributed by atoms with E-state index in [4.69, 9.17) is 9.26 Å². The Morgan fingerprint density at radius 3 is 2.35 bits per heavy atom. The summed E-state index contributed by atoms with van der Waals surface area (Å²) in [6.07, 6.45) is 0. The minimum absolute atomic E-state index is 0.211. The SMILES string of the molecule is O=c1cc(-c2ccccc2)nc(SCc2nc(-c3ccc(OCc4ccccc4)cc3)no2)[nH]1. The zero-order chi connectivity index (χ0) is 23.2. The lowest BCUT2D eigenvalue weighted by molar-refractivity contribution is 0.306. The molecule has 8 heteroatoms. The lowest BCUT2D eigenvalue weighted by Gasteiger charge is -2.06. The number of benzene rings is 3. The molecule has 0 saturated heterocycles. The van der Waals surface area contributed by atoms with Crippen molar-refractivity contribution in [2.75, 3.05) is 0 Å². The fourth-order valence-corrected chi connectivity index (χ4v) is 3.98. The number of H-pyrrole nitrogens is 1. The highest BCUT2D eigenvalue weighted by Gasteiger charge is 2.11. The first kappa shape index (κ1) is 21.7. The number of hydrogen-bond acceptors (Lipinski definition) is 7. The third-order valence-electron chi connectivity index (χ3n) is 4.95. The fraction of sp³-hybridized carbons (Fsp3) is 0.0769. The number of nitrogens with zero attached hydrogens (tertiary/aromatic N) is 3. The van der Waals surface area contributed by atoms with Gasteiger partial charge in [0.15, 0.2) is 5.16 Å². The molecule has 2 heterocycles. The lowest BCUT2D eigenvalue weighted by Crippen LogP contribution is -2.08. The minimum atomic E-state index is -0.211. The van der Waals surface area contributed by atoms with Crippen LogP contribution in [0.5, 0.6) is 5.75 Å². The third kappa shape index (κ3) is 5.41. The highest BCUT2D eigenvalue weighted by Crippen LogP contribution is 2.24. The van der Waals surface area contributed by atoms with Gasteiger partial charge >= 0.3 is 0 Å². The molecular formula is C26H20N4O3S. The van der Waals surface area contributed by atoms with Crippen LogP contribution < -0.4 is 10.3 Å². The molecule has 0 aliphatic carbocycles. The van der Waals surface area contributed by atoms with E-state index in [1.807, 2.05) is 84.9 Å². The van der Waals surface area contributed by atoms with Gasteiger partial charge in [-0.05, 0) is 29.8 Å². The van der Waals surface area contributed by atoms with Crippen LogP contribution in [0.25, 0.3) is 22.6 Å². The molecule has 0 spiro atoms. The van der Waals surface area contributed by atoms with E-state index in [-0.39, 0.29) is 5.56 Å². The van der Waals surface area contributed by atoms with Gasteiger partial charge in [0, 0.05) is 17.2 Å². The zero-order valence-electron chi connectivity index (χ0n) is 18.0. The number of hydrogen-bond donors (Lipinski definition) is 1. The maximum absolute atomic E-state index is 12.1. The lowest BCUT2D eigenvalue weighted by atomic mass is 10.1. The number of nitrogens with one attached hydrogen (secondary N) is 1. The van der Waals surface area contributed by atoms with Crippen molar-refractivity contribution in [1.82, 2.24) is 20.1 Å². The Balaban J connectivity index is 1.22. The van der Waals surface area contributed by atoms with Gasteiger partial charge in [-0.1, -0.05) is 77.6 Å². The van der Waals surface area contributed by atoms with E-state index in [9.17, 15) is 4.79 Å². The monoisotopic (exact) mass is 468 g/mol. The van der Waals surface area contributed by atoms with Crippen molar-refractivity contribution in [3.63, 3.8) is 0 Å². The van der Waals surface area contributed by atoms with Gasteiger partial charge in [-0.15, -0.1) is 0 Å². The zero-order valence-corrected chi connectivity index (χ0v) is 18.9. The van der Waals surface area contributed by atoms with Crippen molar-refractivity contribution in [3.05, 3.63) is 113 Å². The number of ether oxygens (including phenoxy) is 1. The summed E-state index contributed by atoms with van der Waals surface area (Å²) in [5.74, 6) is 2.08. The standard InChI is InChI=1S/C26H20N4O3S/c31-23-15-22(19-9-5-2-6-10-19)27-26(28-23)34-17-24-29-25(30-33-24)20-11-13-21(14-12-20)32-16-18-7-3-1-4-8-18/h1-15H,16-17H2,(H,27,28,31). The van der Waals surface area contributed by atoms with Crippen LogP contribution in [0, 0.1) is 0 Å². The van der Waals surface area contributed by atoms with E-state index in [0.29, 0.717) is 34.9 Å². The molecule has 2 aromatic heterocycles. The van der Waals surface area contributed by atoms with Gasteiger partial charge in [-0.2, -0.15) is 4.98 Å². The van der Waals surface area contributed by atoms with Crippen molar-refractivity contribution in [2.45, 2.75) is 17.5 Å². The number of thioether (sulfide) groups is 1. The van der Waals surface area contributed by atoms with Crippen LogP contribution in [0.4, 0.5) is 0 Å². The smallest absolute Gasteiger partial charge is 0.252 e. The molecule has 0 radical (unpaired) electrons. The van der Waals surface area contributed by atoms with Crippen LogP contribution in [-0.4, -0.2) is 20.1 Å². The predicted octanol–water partition coefficient (Wildman–Crippen LogP) is 5.36. The number of aromatic amines is 1. The fourth-order valence-electron chi connectivity index (χ4n) is 3.26. The van der Waals surface area contributed by atoms with Crippen molar-refractivity contribution in [3.8, 4) is 28.4 Å². The Bertz CT molecular complexity index is 1420. The first-order valence-electron chi connectivity index (χ1n) is 10.6. The predicted molar refractivity (Wildman–Crippen MR) is 130 cm³/mol. The molecule has 0 unspecified atom stereocenters. The van der Waals surface area contributed by atoms with Crippen molar-refractivity contribution in [1.29, 1.82) is 0 Å². The minimum Gasteiger partial charge on any atom is -0.489 e.